The third kappa shape index (κ3) is 8.44. The molecule has 0 aliphatic carbocycles. The number of nitrogen functional groups attached to an aromatic ring is 1. The summed E-state index contributed by atoms with van der Waals surface area (Å²) in [7, 11) is 0. The first-order valence-corrected chi connectivity index (χ1v) is 7.62. The van der Waals surface area contributed by atoms with Crippen molar-refractivity contribution in [3.05, 3.63) is 69.8 Å². The van der Waals surface area contributed by atoms with E-state index in [1.807, 2.05) is 12.1 Å². The first-order chi connectivity index (χ1) is 12.3. The lowest BCUT2D eigenvalue weighted by Crippen LogP contribution is -1.98. The molecule has 2 N–H and O–H groups in total. The van der Waals surface area contributed by atoms with Crippen LogP contribution in [0.3, 0.4) is 0 Å². The van der Waals surface area contributed by atoms with Gasteiger partial charge < -0.3 is 15.2 Å². The highest BCUT2D eigenvalue weighted by Crippen LogP contribution is 2.12. The lowest BCUT2D eigenvalue weighted by Gasteiger charge is -2.01. The second-order valence-corrected chi connectivity index (χ2v) is 5.23. The molecule has 0 fully saturated rings. The maximum atomic E-state index is 10.5. The zero-order chi connectivity index (χ0) is 19.5. The SMILES string of the molecule is CC(=O)OCc1ccc(N)cc1.CC(=O)OCc1ccc([N+](=O)[O-])cc1. The first-order valence-electron chi connectivity index (χ1n) is 7.62. The summed E-state index contributed by atoms with van der Waals surface area (Å²) in [6.07, 6.45) is 0. The average Bonchev–Trinajstić information content (AvgIpc) is 2.60. The van der Waals surface area contributed by atoms with Crippen molar-refractivity contribution in [3.8, 4) is 0 Å². The zero-order valence-corrected chi connectivity index (χ0v) is 14.5. The summed E-state index contributed by atoms with van der Waals surface area (Å²) in [6, 6.07) is 13.1. The van der Waals surface area contributed by atoms with E-state index in [0.717, 1.165) is 11.1 Å². The number of anilines is 1. The van der Waals surface area contributed by atoms with Crippen molar-refractivity contribution < 1.29 is 24.0 Å². The number of nitrogens with two attached hydrogens (primary N) is 1. The Bertz CT molecular complexity index is 741. The van der Waals surface area contributed by atoms with Crippen LogP contribution in [0.1, 0.15) is 25.0 Å². The fourth-order valence-electron chi connectivity index (χ4n) is 1.70. The van der Waals surface area contributed by atoms with Gasteiger partial charge in [-0.05, 0) is 35.4 Å². The number of benzene rings is 2. The van der Waals surface area contributed by atoms with E-state index in [0.29, 0.717) is 12.3 Å². The van der Waals surface area contributed by atoms with Gasteiger partial charge in [0.25, 0.3) is 5.69 Å². The molecule has 0 saturated carbocycles. The molecule has 0 aliphatic heterocycles. The van der Waals surface area contributed by atoms with Crippen LogP contribution in [0.5, 0.6) is 0 Å². The fourth-order valence-corrected chi connectivity index (χ4v) is 1.70. The summed E-state index contributed by atoms with van der Waals surface area (Å²) < 4.78 is 9.51. The molecular weight excluding hydrogens is 340 g/mol. The molecule has 0 saturated heterocycles. The minimum absolute atomic E-state index is 0.0246. The number of carbonyl (C=O) groups excluding carboxylic acids is 2. The highest BCUT2D eigenvalue weighted by atomic mass is 16.6. The summed E-state index contributed by atoms with van der Waals surface area (Å²) in [6.45, 7) is 3.16. The molecule has 0 heterocycles. The lowest BCUT2D eigenvalue weighted by molar-refractivity contribution is -0.384. The molecule has 2 aromatic carbocycles. The van der Waals surface area contributed by atoms with Gasteiger partial charge in [-0.25, -0.2) is 0 Å². The van der Waals surface area contributed by atoms with E-state index in [1.54, 1.807) is 24.3 Å². The van der Waals surface area contributed by atoms with Crippen LogP contribution in [0, 0.1) is 10.1 Å². The van der Waals surface area contributed by atoms with Crippen LogP contribution >= 0.6 is 0 Å². The lowest BCUT2D eigenvalue weighted by atomic mass is 10.2. The van der Waals surface area contributed by atoms with E-state index in [2.05, 4.69) is 0 Å². The van der Waals surface area contributed by atoms with Crippen molar-refractivity contribution in [3.63, 3.8) is 0 Å². The van der Waals surface area contributed by atoms with Gasteiger partial charge in [0.1, 0.15) is 13.2 Å². The van der Waals surface area contributed by atoms with Crippen molar-refractivity contribution in [2.24, 2.45) is 0 Å². The van der Waals surface area contributed by atoms with Crippen molar-refractivity contribution in [1.29, 1.82) is 0 Å². The third-order valence-corrected chi connectivity index (χ3v) is 3.01. The number of non-ortho nitro benzene ring substituents is 1. The van der Waals surface area contributed by atoms with Gasteiger partial charge in [-0.3, -0.25) is 19.7 Å². The molecule has 0 amide bonds. The normalized spacial score (nSPS) is 9.46. The number of nitrogens with zero attached hydrogens (tertiary/aromatic N) is 1. The van der Waals surface area contributed by atoms with Crippen molar-refractivity contribution in [2.45, 2.75) is 27.1 Å². The molecule has 0 unspecified atom stereocenters. The Balaban J connectivity index is 0.000000263. The molecule has 2 rings (SSSR count). The molecule has 0 radical (unpaired) electrons. The summed E-state index contributed by atoms with van der Waals surface area (Å²) in [5.74, 6) is -0.643. The minimum Gasteiger partial charge on any atom is -0.461 e. The van der Waals surface area contributed by atoms with Crippen LogP contribution in [0.15, 0.2) is 48.5 Å². The summed E-state index contributed by atoms with van der Waals surface area (Å²) in [5, 5.41) is 10.3. The second kappa shape index (κ2) is 10.4. The number of rotatable bonds is 5. The Kier molecular flexibility index (Phi) is 8.29. The molecule has 138 valence electrons. The molecule has 8 nitrogen and oxygen atoms in total. The maximum Gasteiger partial charge on any atom is 0.302 e. The molecular formula is C18H20N2O6. The monoisotopic (exact) mass is 360 g/mol. The van der Waals surface area contributed by atoms with Gasteiger partial charge in [0.15, 0.2) is 0 Å². The Hall–Kier alpha value is -3.42. The van der Waals surface area contributed by atoms with E-state index in [-0.39, 0.29) is 24.2 Å². The van der Waals surface area contributed by atoms with E-state index >= 15 is 0 Å². The Labute approximate surface area is 150 Å². The standard InChI is InChI=1S/C9H9NO4.C9H11NO2/c1-7(11)14-6-8-2-4-9(5-3-8)10(12)13;1-7(11)12-6-8-2-4-9(10)5-3-8/h2-5H,6H2,1H3;2-5H,6,10H2,1H3. The minimum atomic E-state index is -0.477. The van der Waals surface area contributed by atoms with Gasteiger partial charge in [0, 0.05) is 31.7 Å². The molecule has 0 bridgehead atoms. The quantitative estimate of drug-likeness (QED) is 0.376. The molecule has 0 spiro atoms. The fraction of sp³-hybridized carbons (Fsp3) is 0.222. The van der Waals surface area contributed by atoms with Crippen molar-refractivity contribution in [1.82, 2.24) is 0 Å². The molecule has 0 aromatic heterocycles. The molecule has 26 heavy (non-hydrogen) atoms. The van der Waals surface area contributed by atoms with Gasteiger partial charge in [-0.15, -0.1) is 0 Å². The van der Waals surface area contributed by atoms with Crippen molar-refractivity contribution >= 4 is 23.3 Å². The highest BCUT2D eigenvalue weighted by molar-refractivity contribution is 5.66. The van der Waals surface area contributed by atoms with Gasteiger partial charge in [0.05, 0.1) is 4.92 Å². The number of esters is 2. The summed E-state index contributed by atoms with van der Waals surface area (Å²) >= 11 is 0. The van der Waals surface area contributed by atoms with Crippen LogP contribution in [0.25, 0.3) is 0 Å². The largest absolute Gasteiger partial charge is 0.461 e. The van der Waals surface area contributed by atoms with Gasteiger partial charge in [-0.2, -0.15) is 0 Å². The summed E-state index contributed by atoms with van der Waals surface area (Å²) in [5.41, 5.74) is 7.88. The molecule has 2 aromatic rings. The topological polar surface area (TPSA) is 122 Å². The molecule has 0 aliphatic rings. The third-order valence-electron chi connectivity index (χ3n) is 3.01. The number of hydrogen-bond acceptors (Lipinski definition) is 7. The van der Waals surface area contributed by atoms with Crippen LogP contribution in [0.2, 0.25) is 0 Å². The summed E-state index contributed by atoms with van der Waals surface area (Å²) in [4.78, 5) is 30.7. The predicted octanol–water partition coefficient (Wildman–Crippen LogP) is 2.99. The molecule has 0 atom stereocenters. The second-order valence-electron chi connectivity index (χ2n) is 5.23. The van der Waals surface area contributed by atoms with E-state index < -0.39 is 4.92 Å². The molecule has 8 heteroatoms. The van der Waals surface area contributed by atoms with Crippen LogP contribution in [0.4, 0.5) is 11.4 Å². The number of nitro benzene ring substituents is 1. The number of carbonyl (C=O) groups is 2. The first kappa shape index (κ1) is 20.6. The number of ether oxygens (including phenoxy) is 2. The zero-order valence-electron chi connectivity index (χ0n) is 14.5. The maximum absolute atomic E-state index is 10.5. The number of nitro groups is 1. The van der Waals surface area contributed by atoms with Crippen LogP contribution < -0.4 is 5.73 Å². The number of hydrogen-bond donors (Lipinski definition) is 1. The predicted molar refractivity (Wildman–Crippen MR) is 94.9 cm³/mol. The Morgan fingerprint density at radius 3 is 1.62 bits per heavy atom. The average molecular weight is 360 g/mol. The van der Waals surface area contributed by atoms with Crippen LogP contribution in [-0.4, -0.2) is 16.9 Å². The van der Waals surface area contributed by atoms with Gasteiger partial charge in [0.2, 0.25) is 0 Å². The van der Waals surface area contributed by atoms with Crippen molar-refractivity contribution in [2.75, 3.05) is 5.73 Å². The Morgan fingerprint density at radius 1 is 0.885 bits per heavy atom. The van der Waals surface area contributed by atoms with E-state index in [9.17, 15) is 19.7 Å². The van der Waals surface area contributed by atoms with E-state index in [4.69, 9.17) is 15.2 Å². The van der Waals surface area contributed by atoms with E-state index in [1.165, 1.54) is 26.0 Å². The highest BCUT2D eigenvalue weighted by Gasteiger charge is 2.04. The Morgan fingerprint density at radius 2 is 1.27 bits per heavy atom. The van der Waals surface area contributed by atoms with Crippen LogP contribution in [-0.2, 0) is 32.3 Å². The van der Waals surface area contributed by atoms with Gasteiger partial charge >= 0.3 is 11.9 Å². The van der Waals surface area contributed by atoms with Gasteiger partial charge in [-0.1, -0.05) is 12.1 Å². The smallest absolute Gasteiger partial charge is 0.302 e.